The zero-order chi connectivity index (χ0) is 14.2. The number of pyridine rings is 1. The summed E-state index contributed by atoms with van der Waals surface area (Å²) in [6.07, 6.45) is 5.69. The highest BCUT2D eigenvalue weighted by Crippen LogP contribution is 2.46. The molecule has 1 unspecified atom stereocenters. The van der Waals surface area contributed by atoms with Gasteiger partial charge < -0.3 is 5.73 Å². The number of nitrogens with two attached hydrogens (primary N) is 1. The van der Waals surface area contributed by atoms with Crippen molar-refractivity contribution in [1.82, 2.24) is 9.47 Å². The molecule has 0 saturated heterocycles. The van der Waals surface area contributed by atoms with Gasteiger partial charge in [0.15, 0.2) is 11.4 Å². The van der Waals surface area contributed by atoms with E-state index in [-0.39, 0.29) is 10.3 Å². The lowest BCUT2D eigenvalue weighted by molar-refractivity contribution is 0.443. The van der Waals surface area contributed by atoms with Gasteiger partial charge in [-0.05, 0) is 12.5 Å². The third-order valence-electron chi connectivity index (χ3n) is 3.81. The maximum Gasteiger partial charge on any atom is 0.209 e. The van der Waals surface area contributed by atoms with Crippen LogP contribution in [0.15, 0.2) is 48.5 Å². The van der Waals surface area contributed by atoms with E-state index in [1.165, 1.54) is 6.20 Å². The van der Waals surface area contributed by atoms with Crippen LogP contribution in [0.4, 0.5) is 15.8 Å². The standard InChI is InChI=1S/C16H17FN3/c1-2-9-20(15-7-8-19-11-13(15)17)14-6-4-3-5-12(14)10-16(20)18/h3-8,10-11H,2,9,18H2,1H3/q+1. The summed E-state index contributed by atoms with van der Waals surface area (Å²) in [7, 11) is 0. The van der Waals surface area contributed by atoms with Crippen LogP contribution in [0.1, 0.15) is 18.9 Å². The first-order valence-corrected chi connectivity index (χ1v) is 6.75. The first kappa shape index (κ1) is 12.8. The van der Waals surface area contributed by atoms with Crippen molar-refractivity contribution >= 4 is 17.5 Å². The topological polar surface area (TPSA) is 38.9 Å². The van der Waals surface area contributed by atoms with Gasteiger partial charge in [0, 0.05) is 30.0 Å². The van der Waals surface area contributed by atoms with Gasteiger partial charge >= 0.3 is 0 Å². The van der Waals surface area contributed by atoms with Crippen molar-refractivity contribution in [2.24, 2.45) is 5.73 Å². The van der Waals surface area contributed by atoms with Crippen LogP contribution in [0.5, 0.6) is 0 Å². The molecule has 2 heterocycles. The van der Waals surface area contributed by atoms with Crippen molar-refractivity contribution in [3.63, 3.8) is 0 Å². The van der Waals surface area contributed by atoms with Crippen LogP contribution in [0.25, 0.3) is 6.08 Å². The Hall–Kier alpha value is -2.20. The Morgan fingerprint density at radius 1 is 1.20 bits per heavy atom. The van der Waals surface area contributed by atoms with E-state index in [9.17, 15) is 4.39 Å². The summed E-state index contributed by atoms with van der Waals surface area (Å²) in [6, 6.07) is 9.68. The van der Waals surface area contributed by atoms with Gasteiger partial charge in [-0.25, -0.2) is 4.48 Å². The molecule has 0 spiro atoms. The molecule has 1 aromatic heterocycles. The monoisotopic (exact) mass is 270 g/mol. The fourth-order valence-corrected chi connectivity index (χ4v) is 3.02. The van der Waals surface area contributed by atoms with E-state index >= 15 is 0 Å². The van der Waals surface area contributed by atoms with Crippen molar-refractivity contribution in [1.29, 1.82) is 0 Å². The molecule has 3 nitrogen and oxygen atoms in total. The Labute approximate surface area is 117 Å². The van der Waals surface area contributed by atoms with Gasteiger partial charge in [-0.1, -0.05) is 19.1 Å². The van der Waals surface area contributed by atoms with E-state index in [2.05, 4.69) is 11.9 Å². The fraction of sp³-hybridized carbons (Fsp3) is 0.188. The Morgan fingerprint density at radius 2 is 2.00 bits per heavy atom. The molecule has 2 aromatic rings. The van der Waals surface area contributed by atoms with Crippen molar-refractivity contribution in [3.05, 3.63) is 59.9 Å². The third-order valence-corrected chi connectivity index (χ3v) is 3.81. The minimum absolute atomic E-state index is 0.251. The number of fused-ring (bicyclic) bond motifs is 1. The summed E-state index contributed by atoms with van der Waals surface area (Å²) in [5, 5.41) is 0. The van der Waals surface area contributed by atoms with Gasteiger partial charge in [-0.15, -0.1) is 0 Å². The summed E-state index contributed by atoms with van der Waals surface area (Å²) in [6.45, 7) is 2.80. The van der Waals surface area contributed by atoms with E-state index in [0.717, 1.165) is 24.2 Å². The van der Waals surface area contributed by atoms with E-state index in [1.54, 1.807) is 12.3 Å². The number of aromatic nitrogens is 1. The molecular formula is C16H17FN3+. The number of hydrogen-bond acceptors (Lipinski definition) is 2. The first-order valence-electron chi connectivity index (χ1n) is 6.75. The quantitative estimate of drug-likeness (QED) is 0.866. The Morgan fingerprint density at radius 3 is 2.75 bits per heavy atom. The first-order chi connectivity index (χ1) is 9.70. The SMILES string of the molecule is CCC[N+]1(c2ccncc2F)C(N)=Cc2ccccc21. The molecule has 102 valence electrons. The zero-order valence-corrected chi connectivity index (χ0v) is 11.4. The number of hydrogen-bond donors (Lipinski definition) is 1. The molecule has 20 heavy (non-hydrogen) atoms. The van der Waals surface area contributed by atoms with Crippen LogP contribution in [0.3, 0.4) is 0 Å². The summed E-state index contributed by atoms with van der Waals surface area (Å²) < 4.78 is 14.6. The summed E-state index contributed by atoms with van der Waals surface area (Å²) >= 11 is 0. The normalized spacial score (nSPS) is 20.6. The number of rotatable bonds is 3. The minimum atomic E-state index is -0.325. The lowest BCUT2D eigenvalue weighted by Crippen LogP contribution is -2.45. The molecule has 1 aromatic carbocycles. The number of halogens is 1. The lowest BCUT2D eigenvalue weighted by atomic mass is 10.1. The summed E-state index contributed by atoms with van der Waals surface area (Å²) in [5.41, 5.74) is 8.93. The Kier molecular flexibility index (Phi) is 3.03. The van der Waals surface area contributed by atoms with Gasteiger partial charge in [0.05, 0.1) is 12.7 Å². The van der Waals surface area contributed by atoms with Crippen LogP contribution >= 0.6 is 0 Å². The molecule has 0 bridgehead atoms. The van der Waals surface area contributed by atoms with Crippen molar-refractivity contribution in [3.8, 4) is 0 Å². The summed E-state index contributed by atoms with van der Waals surface area (Å²) in [4.78, 5) is 3.84. The average molecular weight is 270 g/mol. The van der Waals surface area contributed by atoms with Crippen molar-refractivity contribution < 1.29 is 4.39 Å². The van der Waals surface area contributed by atoms with Crippen LogP contribution in [0, 0.1) is 5.82 Å². The lowest BCUT2D eigenvalue weighted by Gasteiger charge is -2.34. The average Bonchev–Trinajstić information content (AvgIpc) is 2.73. The van der Waals surface area contributed by atoms with E-state index in [1.807, 2.05) is 30.3 Å². The molecule has 3 rings (SSSR count). The molecular weight excluding hydrogens is 253 g/mol. The Bertz CT molecular complexity index is 681. The van der Waals surface area contributed by atoms with Gasteiger partial charge in [0.1, 0.15) is 0 Å². The largest absolute Gasteiger partial charge is 0.354 e. The highest BCUT2D eigenvalue weighted by molar-refractivity contribution is 5.81. The molecule has 1 atom stereocenters. The van der Waals surface area contributed by atoms with Crippen LogP contribution in [0.2, 0.25) is 0 Å². The molecule has 4 heteroatoms. The molecule has 1 aliphatic heterocycles. The van der Waals surface area contributed by atoms with Crippen LogP contribution in [-0.2, 0) is 0 Å². The van der Waals surface area contributed by atoms with Gasteiger partial charge in [0.2, 0.25) is 11.6 Å². The molecule has 2 N–H and O–H groups in total. The zero-order valence-electron chi connectivity index (χ0n) is 11.4. The molecule has 1 aliphatic rings. The Balaban J connectivity index is 2.30. The van der Waals surface area contributed by atoms with Gasteiger partial charge in [-0.3, -0.25) is 4.98 Å². The van der Waals surface area contributed by atoms with Gasteiger partial charge in [0.25, 0.3) is 0 Å². The molecule has 0 radical (unpaired) electrons. The van der Waals surface area contributed by atoms with Gasteiger partial charge in [-0.2, -0.15) is 4.39 Å². The minimum Gasteiger partial charge on any atom is -0.354 e. The maximum atomic E-state index is 14.3. The number of quaternary nitrogens is 1. The smallest absolute Gasteiger partial charge is 0.209 e. The van der Waals surface area contributed by atoms with Crippen LogP contribution < -0.4 is 10.2 Å². The van der Waals surface area contributed by atoms with E-state index in [0.29, 0.717) is 11.5 Å². The molecule has 0 amide bonds. The van der Waals surface area contributed by atoms with E-state index < -0.39 is 0 Å². The highest BCUT2D eigenvalue weighted by Gasteiger charge is 2.43. The second kappa shape index (κ2) is 4.72. The maximum absolute atomic E-state index is 14.3. The van der Waals surface area contributed by atoms with Crippen molar-refractivity contribution in [2.45, 2.75) is 13.3 Å². The highest BCUT2D eigenvalue weighted by atomic mass is 19.1. The predicted octanol–water partition coefficient (Wildman–Crippen LogP) is 3.54. The molecule has 0 saturated carbocycles. The third kappa shape index (κ3) is 1.65. The second-order valence-corrected chi connectivity index (χ2v) is 4.99. The predicted molar refractivity (Wildman–Crippen MR) is 79.4 cm³/mol. The second-order valence-electron chi connectivity index (χ2n) is 4.99. The fourth-order valence-electron chi connectivity index (χ4n) is 3.02. The molecule has 0 fully saturated rings. The molecule has 0 aliphatic carbocycles. The summed E-state index contributed by atoms with van der Waals surface area (Å²) in [5.74, 6) is 0.326. The number of nitrogens with zero attached hydrogens (tertiary/aromatic N) is 2. The van der Waals surface area contributed by atoms with Crippen molar-refractivity contribution in [2.75, 3.05) is 6.54 Å². The van der Waals surface area contributed by atoms with Crippen LogP contribution in [-0.4, -0.2) is 11.5 Å². The number of benzene rings is 1. The number of para-hydroxylation sites is 1. The van der Waals surface area contributed by atoms with E-state index in [4.69, 9.17) is 5.73 Å².